The van der Waals surface area contributed by atoms with Crippen molar-refractivity contribution in [2.45, 2.75) is 37.3 Å². The minimum Gasteiger partial charge on any atom is -0.459 e. The lowest BCUT2D eigenvalue weighted by atomic mass is 9.97. The van der Waals surface area contributed by atoms with Gasteiger partial charge in [0.1, 0.15) is 18.8 Å². The van der Waals surface area contributed by atoms with Crippen molar-refractivity contribution in [1.82, 2.24) is 0 Å². The Morgan fingerprint density at radius 1 is 0.581 bits per heavy atom. The van der Waals surface area contributed by atoms with Crippen molar-refractivity contribution in [3.05, 3.63) is 144 Å². The maximum atomic E-state index is 13.3. The van der Waals surface area contributed by atoms with E-state index < -0.39 is 48.6 Å². The zero-order valence-electron chi connectivity index (χ0n) is 23.1. The third-order valence-electron chi connectivity index (χ3n) is 6.79. The first-order chi connectivity index (χ1) is 21.0. The number of esters is 3. The highest BCUT2D eigenvalue weighted by Gasteiger charge is 2.51. The normalized spacial score (nSPS) is 21.4. The Morgan fingerprint density at radius 2 is 1.02 bits per heavy atom. The van der Waals surface area contributed by atoms with Gasteiger partial charge in [0.15, 0.2) is 18.5 Å². The number of hydrogen-bond acceptors (Lipinski definition) is 9. The van der Waals surface area contributed by atoms with Gasteiger partial charge in [-0.25, -0.2) is 14.4 Å². The third-order valence-corrected chi connectivity index (χ3v) is 6.79. The van der Waals surface area contributed by atoms with Gasteiger partial charge in [0.2, 0.25) is 0 Å². The Morgan fingerprint density at radius 3 is 1.53 bits per heavy atom. The molecule has 43 heavy (non-hydrogen) atoms. The summed E-state index contributed by atoms with van der Waals surface area (Å²) >= 11 is 0. The van der Waals surface area contributed by atoms with Gasteiger partial charge in [0.05, 0.1) is 23.3 Å². The largest absolute Gasteiger partial charge is 0.459 e. The molecule has 220 valence electrons. The van der Waals surface area contributed by atoms with Crippen molar-refractivity contribution >= 4 is 17.9 Å². The molecule has 0 aliphatic carbocycles. The molecular formula is C34H30O9. The highest BCUT2D eigenvalue weighted by molar-refractivity contribution is 5.90. The number of aliphatic hydroxyl groups is 1. The predicted molar refractivity (Wildman–Crippen MR) is 154 cm³/mol. The number of aliphatic hydroxyl groups excluding tert-OH is 1. The maximum Gasteiger partial charge on any atom is 0.338 e. The lowest BCUT2D eigenvalue weighted by molar-refractivity contribution is -0.294. The van der Waals surface area contributed by atoms with Crippen molar-refractivity contribution in [2.75, 3.05) is 6.61 Å². The Labute approximate surface area is 248 Å². The molecule has 0 amide bonds. The number of carbonyl (C=O) groups excluding carboxylic acids is 3. The first kappa shape index (κ1) is 29.7. The van der Waals surface area contributed by atoms with Crippen LogP contribution in [0.1, 0.15) is 36.6 Å². The second kappa shape index (κ2) is 14.4. The SMILES string of the molecule is O=C(OCC1OC(O)C(OC(=O)c2ccccc2)C(OCc2ccccc2)C1OC(=O)c1ccccc1)c1ccccc1. The van der Waals surface area contributed by atoms with E-state index in [1.807, 2.05) is 30.3 Å². The van der Waals surface area contributed by atoms with E-state index in [2.05, 4.69) is 0 Å². The van der Waals surface area contributed by atoms with Gasteiger partial charge >= 0.3 is 17.9 Å². The van der Waals surface area contributed by atoms with Crippen LogP contribution in [-0.2, 0) is 30.3 Å². The zero-order chi connectivity index (χ0) is 30.0. The summed E-state index contributed by atoms with van der Waals surface area (Å²) in [5, 5.41) is 11.1. The van der Waals surface area contributed by atoms with Crippen LogP contribution in [0.4, 0.5) is 0 Å². The Kier molecular flexibility index (Phi) is 9.91. The van der Waals surface area contributed by atoms with E-state index in [1.54, 1.807) is 91.0 Å². The molecule has 1 N–H and O–H groups in total. The van der Waals surface area contributed by atoms with Crippen LogP contribution >= 0.6 is 0 Å². The van der Waals surface area contributed by atoms with Crippen LogP contribution < -0.4 is 0 Å². The van der Waals surface area contributed by atoms with Crippen LogP contribution in [0.2, 0.25) is 0 Å². The number of ether oxygens (including phenoxy) is 5. The molecule has 0 radical (unpaired) electrons. The van der Waals surface area contributed by atoms with Gasteiger partial charge in [0.25, 0.3) is 0 Å². The van der Waals surface area contributed by atoms with Gasteiger partial charge in [-0.1, -0.05) is 84.9 Å². The van der Waals surface area contributed by atoms with E-state index in [-0.39, 0.29) is 24.3 Å². The average Bonchev–Trinajstić information content (AvgIpc) is 3.06. The molecular weight excluding hydrogens is 552 g/mol. The third kappa shape index (κ3) is 7.72. The molecule has 4 aromatic carbocycles. The molecule has 9 heteroatoms. The molecule has 0 saturated carbocycles. The van der Waals surface area contributed by atoms with E-state index in [1.165, 1.54) is 0 Å². The standard InChI is InChI=1S/C34H30O9/c35-31(24-15-7-2-8-16-24)40-22-27-28(42-32(36)25-17-9-3-10-18-25)29(39-21-23-13-5-1-6-14-23)30(34(38)41-27)43-33(37)26-19-11-4-12-20-26/h1-20,27-30,34,38H,21-22H2. The van der Waals surface area contributed by atoms with Gasteiger partial charge in [-0.3, -0.25) is 0 Å². The smallest absolute Gasteiger partial charge is 0.338 e. The van der Waals surface area contributed by atoms with Gasteiger partial charge in [-0.2, -0.15) is 0 Å². The zero-order valence-corrected chi connectivity index (χ0v) is 23.1. The Bertz CT molecular complexity index is 1480. The van der Waals surface area contributed by atoms with Gasteiger partial charge in [0, 0.05) is 0 Å². The molecule has 1 heterocycles. The van der Waals surface area contributed by atoms with Crippen molar-refractivity contribution < 1.29 is 43.2 Å². The van der Waals surface area contributed by atoms with Crippen molar-refractivity contribution in [3.63, 3.8) is 0 Å². The molecule has 0 bridgehead atoms. The molecule has 0 aromatic heterocycles. The second-order valence-electron chi connectivity index (χ2n) is 9.76. The van der Waals surface area contributed by atoms with Crippen LogP contribution in [-0.4, -0.2) is 60.3 Å². The molecule has 0 spiro atoms. The fraction of sp³-hybridized carbons (Fsp3) is 0.206. The first-order valence-corrected chi connectivity index (χ1v) is 13.7. The molecule has 1 saturated heterocycles. The van der Waals surface area contributed by atoms with Crippen LogP contribution in [0.5, 0.6) is 0 Å². The molecule has 5 unspecified atom stereocenters. The summed E-state index contributed by atoms with van der Waals surface area (Å²) in [7, 11) is 0. The Hall–Kier alpha value is -4.83. The van der Waals surface area contributed by atoms with E-state index >= 15 is 0 Å². The Balaban J connectivity index is 1.44. The molecule has 1 aliphatic rings. The summed E-state index contributed by atoms with van der Waals surface area (Å²) in [6.45, 7) is -0.352. The van der Waals surface area contributed by atoms with Crippen molar-refractivity contribution in [2.24, 2.45) is 0 Å². The lowest BCUT2D eigenvalue weighted by Gasteiger charge is -2.43. The fourth-order valence-electron chi connectivity index (χ4n) is 4.60. The monoisotopic (exact) mass is 582 g/mol. The van der Waals surface area contributed by atoms with Crippen LogP contribution in [0.3, 0.4) is 0 Å². The molecule has 1 fully saturated rings. The summed E-state index contributed by atoms with van der Waals surface area (Å²) in [6, 6.07) is 34.1. The van der Waals surface area contributed by atoms with Crippen LogP contribution in [0.15, 0.2) is 121 Å². The predicted octanol–water partition coefficient (Wildman–Crippen LogP) is 4.60. The van der Waals surface area contributed by atoms with E-state index in [9.17, 15) is 19.5 Å². The van der Waals surface area contributed by atoms with Gasteiger partial charge in [-0.05, 0) is 42.0 Å². The molecule has 4 aromatic rings. The number of rotatable bonds is 10. The highest BCUT2D eigenvalue weighted by atomic mass is 16.7. The summed E-state index contributed by atoms with van der Waals surface area (Å²) < 4.78 is 29.1. The number of benzene rings is 4. The number of carbonyl (C=O) groups is 3. The quantitative estimate of drug-likeness (QED) is 0.212. The molecule has 1 aliphatic heterocycles. The fourth-order valence-corrected chi connectivity index (χ4v) is 4.60. The highest BCUT2D eigenvalue weighted by Crippen LogP contribution is 2.30. The minimum absolute atomic E-state index is 0.0352. The van der Waals surface area contributed by atoms with Gasteiger partial charge in [-0.15, -0.1) is 0 Å². The summed E-state index contributed by atoms with van der Waals surface area (Å²) in [5.74, 6) is -2.07. The summed E-state index contributed by atoms with van der Waals surface area (Å²) in [6.07, 6.45) is -6.71. The van der Waals surface area contributed by atoms with Crippen LogP contribution in [0, 0.1) is 0 Å². The minimum atomic E-state index is -1.69. The van der Waals surface area contributed by atoms with E-state index in [4.69, 9.17) is 23.7 Å². The summed E-state index contributed by atoms with van der Waals surface area (Å²) in [5.41, 5.74) is 1.60. The topological polar surface area (TPSA) is 118 Å². The first-order valence-electron chi connectivity index (χ1n) is 13.7. The molecule has 5 atom stereocenters. The molecule has 9 nitrogen and oxygen atoms in total. The van der Waals surface area contributed by atoms with E-state index in [0.29, 0.717) is 5.56 Å². The van der Waals surface area contributed by atoms with E-state index in [0.717, 1.165) is 5.56 Å². The second-order valence-corrected chi connectivity index (χ2v) is 9.76. The number of hydrogen-bond donors (Lipinski definition) is 1. The van der Waals surface area contributed by atoms with Crippen LogP contribution in [0.25, 0.3) is 0 Å². The van der Waals surface area contributed by atoms with Crippen molar-refractivity contribution in [3.8, 4) is 0 Å². The molecule has 5 rings (SSSR count). The van der Waals surface area contributed by atoms with Gasteiger partial charge < -0.3 is 28.8 Å². The summed E-state index contributed by atoms with van der Waals surface area (Å²) in [4.78, 5) is 39.0. The maximum absolute atomic E-state index is 13.3. The average molecular weight is 583 g/mol. The van der Waals surface area contributed by atoms with Crippen molar-refractivity contribution in [1.29, 1.82) is 0 Å². The lowest BCUT2D eigenvalue weighted by Crippen LogP contribution is -2.62.